The van der Waals surface area contributed by atoms with Gasteiger partial charge in [-0.2, -0.15) is 0 Å². The lowest BCUT2D eigenvalue weighted by atomic mass is 10.1. The molecule has 3 nitrogen and oxygen atoms in total. The van der Waals surface area contributed by atoms with Gasteiger partial charge in [-0.15, -0.1) is 0 Å². The first-order valence-corrected chi connectivity index (χ1v) is 6.13. The molecule has 1 unspecified atom stereocenters. The van der Waals surface area contributed by atoms with Gasteiger partial charge in [0, 0.05) is 23.2 Å². The summed E-state index contributed by atoms with van der Waals surface area (Å²) >= 11 is 3.44. The Morgan fingerprint density at radius 2 is 2.19 bits per heavy atom. The maximum atomic E-state index is 5.54. The van der Waals surface area contributed by atoms with Crippen LogP contribution >= 0.6 is 15.9 Å². The first kappa shape index (κ1) is 13.5. The molecule has 0 amide bonds. The van der Waals surface area contributed by atoms with E-state index in [1.54, 1.807) is 7.11 Å². The summed E-state index contributed by atoms with van der Waals surface area (Å²) in [6, 6.07) is 6.30. The minimum absolute atomic E-state index is 0.266. The summed E-state index contributed by atoms with van der Waals surface area (Å²) in [4.78, 5) is 0. The smallest absolute Gasteiger partial charge is 0.188 e. The third kappa shape index (κ3) is 3.77. The number of hydrogen-bond donors (Lipinski definition) is 1. The van der Waals surface area contributed by atoms with E-state index in [1.165, 1.54) is 0 Å². The van der Waals surface area contributed by atoms with Crippen molar-refractivity contribution in [3.63, 3.8) is 0 Å². The normalized spacial score (nSPS) is 12.5. The Balaban J connectivity index is 2.88. The van der Waals surface area contributed by atoms with Gasteiger partial charge in [0.05, 0.1) is 0 Å². The molecule has 0 aliphatic carbocycles. The zero-order valence-corrected chi connectivity index (χ0v) is 11.5. The fourth-order valence-electron chi connectivity index (χ4n) is 1.53. The molecular weight excluding hydrogens is 270 g/mol. The summed E-state index contributed by atoms with van der Waals surface area (Å²) in [5.41, 5.74) is 1.14. The van der Waals surface area contributed by atoms with E-state index in [-0.39, 0.29) is 12.8 Å². The van der Waals surface area contributed by atoms with Crippen LogP contribution < -0.4 is 10.1 Å². The quantitative estimate of drug-likeness (QED) is 0.816. The molecular formula is C12H18BrNO2. The molecule has 0 spiro atoms. The number of rotatable bonds is 6. The Kier molecular flexibility index (Phi) is 5.80. The summed E-state index contributed by atoms with van der Waals surface area (Å²) in [6.07, 6.45) is 0. The second-order valence-electron chi connectivity index (χ2n) is 3.51. The molecule has 0 aromatic heterocycles. The van der Waals surface area contributed by atoms with Crippen molar-refractivity contribution in [2.24, 2.45) is 0 Å². The summed E-state index contributed by atoms with van der Waals surface area (Å²) < 4.78 is 11.5. The molecule has 0 fully saturated rings. The molecule has 0 saturated heterocycles. The second kappa shape index (κ2) is 6.89. The van der Waals surface area contributed by atoms with Crippen LogP contribution in [0.5, 0.6) is 5.75 Å². The molecule has 1 aromatic carbocycles. The van der Waals surface area contributed by atoms with Crippen LogP contribution in [0.15, 0.2) is 22.7 Å². The van der Waals surface area contributed by atoms with Crippen molar-refractivity contribution in [2.75, 3.05) is 20.4 Å². The van der Waals surface area contributed by atoms with E-state index in [4.69, 9.17) is 9.47 Å². The Morgan fingerprint density at radius 3 is 2.81 bits per heavy atom. The highest BCUT2D eigenvalue weighted by Gasteiger charge is 2.11. The molecule has 90 valence electrons. The maximum Gasteiger partial charge on any atom is 0.188 e. The molecule has 1 N–H and O–H groups in total. The molecule has 1 aromatic rings. The minimum atomic E-state index is 0.266. The Bertz CT molecular complexity index is 331. The standard InChI is InChI=1S/C12H18BrNO2/c1-4-14-9(2)11-6-5-10(13)7-12(11)16-8-15-3/h5-7,9,14H,4,8H2,1-3H3. The molecule has 0 saturated carbocycles. The zero-order chi connectivity index (χ0) is 12.0. The van der Waals surface area contributed by atoms with E-state index < -0.39 is 0 Å². The van der Waals surface area contributed by atoms with Crippen LogP contribution in [0, 0.1) is 0 Å². The molecule has 0 aliphatic rings. The van der Waals surface area contributed by atoms with Crippen LogP contribution in [-0.2, 0) is 4.74 Å². The zero-order valence-electron chi connectivity index (χ0n) is 9.92. The van der Waals surface area contributed by atoms with Gasteiger partial charge in [0.25, 0.3) is 0 Å². The van der Waals surface area contributed by atoms with Crippen molar-refractivity contribution in [3.05, 3.63) is 28.2 Å². The van der Waals surface area contributed by atoms with Crippen molar-refractivity contribution in [3.8, 4) is 5.75 Å². The van der Waals surface area contributed by atoms with Gasteiger partial charge in [-0.3, -0.25) is 0 Å². The average Bonchev–Trinajstić information content (AvgIpc) is 2.26. The number of hydrogen-bond acceptors (Lipinski definition) is 3. The van der Waals surface area contributed by atoms with E-state index in [0.717, 1.165) is 22.3 Å². The fraction of sp³-hybridized carbons (Fsp3) is 0.500. The van der Waals surface area contributed by atoms with E-state index >= 15 is 0 Å². The number of ether oxygens (including phenoxy) is 2. The first-order chi connectivity index (χ1) is 7.69. The summed E-state index contributed by atoms with van der Waals surface area (Å²) in [6.45, 7) is 5.40. The Labute approximate surface area is 105 Å². The lowest BCUT2D eigenvalue weighted by Gasteiger charge is -2.17. The summed E-state index contributed by atoms with van der Waals surface area (Å²) in [5.74, 6) is 0.852. The van der Waals surface area contributed by atoms with Gasteiger partial charge in [0.15, 0.2) is 6.79 Å². The summed E-state index contributed by atoms with van der Waals surface area (Å²) in [7, 11) is 1.62. The average molecular weight is 288 g/mol. The van der Waals surface area contributed by atoms with E-state index in [1.807, 2.05) is 12.1 Å². The molecule has 0 heterocycles. The predicted molar refractivity (Wildman–Crippen MR) is 68.7 cm³/mol. The van der Waals surface area contributed by atoms with Crippen LogP contribution in [0.4, 0.5) is 0 Å². The highest BCUT2D eigenvalue weighted by molar-refractivity contribution is 9.10. The van der Waals surface area contributed by atoms with Crippen molar-refractivity contribution in [2.45, 2.75) is 19.9 Å². The van der Waals surface area contributed by atoms with Crippen LogP contribution in [0.3, 0.4) is 0 Å². The van der Waals surface area contributed by atoms with E-state index in [0.29, 0.717) is 0 Å². The number of methoxy groups -OCH3 is 1. The lowest BCUT2D eigenvalue weighted by molar-refractivity contribution is 0.0500. The minimum Gasteiger partial charge on any atom is -0.467 e. The number of halogens is 1. The topological polar surface area (TPSA) is 30.5 Å². The fourth-order valence-corrected chi connectivity index (χ4v) is 1.87. The van der Waals surface area contributed by atoms with Crippen LogP contribution in [0.25, 0.3) is 0 Å². The lowest BCUT2D eigenvalue weighted by Crippen LogP contribution is -2.18. The Hall–Kier alpha value is -0.580. The van der Waals surface area contributed by atoms with Crippen LogP contribution in [0.2, 0.25) is 0 Å². The van der Waals surface area contributed by atoms with Crippen molar-refractivity contribution < 1.29 is 9.47 Å². The van der Waals surface area contributed by atoms with Gasteiger partial charge in [0.2, 0.25) is 0 Å². The highest BCUT2D eigenvalue weighted by atomic mass is 79.9. The van der Waals surface area contributed by atoms with Gasteiger partial charge in [-0.1, -0.05) is 28.9 Å². The summed E-state index contributed by atoms with van der Waals surface area (Å²) in [5, 5.41) is 3.36. The molecule has 4 heteroatoms. The van der Waals surface area contributed by atoms with Crippen molar-refractivity contribution in [1.29, 1.82) is 0 Å². The first-order valence-electron chi connectivity index (χ1n) is 5.33. The SMILES string of the molecule is CCNC(C)c1ccc(Br)cc1OCOC. The van der Waals surface area contributed by atoms with Crippen molar-refractivity contribution >= 4 is 15.9 Å². The van der Waals surface area contributed by atoms with Gasteiger partial charge in [-0.05, 0) is 25.6 Å². The Morgan fingerprint density at radius 1 is 1.44 bits per heavy atom. The molecule has 0 aliphatic heterocycles. The van der Waals surface area contributed by atoms with Gasteiger partial charge >= 0.3 is 0 Å². The van der Waals surface area contributed by atoms with Gasteiger partial charge in [0.1, 0.15) is 5.75 Å². The van der Waals surface area contributed by atoms with Crippen LogP contribution in [0.1, 0.15) is 25.5 Å². The van der Waals surface area contributed by atoms with Crippen molar-refractivity contribution in [1.82, 2.24) is 5.32 Å². The van der Waals surface area contributed by atoms with Gasteiger partial charge in [-0.25, -0.2) is 0 Å². The van der Waals surface area contributed by atoms with E-state index in [2.05, 4.69) is 41.2 Å². The molecule has 1 rings (SSSR count). The van der Waals surface area contributed by atoms with E-state index in [9.17, 15) is 0 Å². The number of benzene rings is 1. The predicted octanol–water partition coefficient (Wildman–Crippen LogP) is 3.10. The molecule has 0 radical (unpaired) electrons. The second-order valence-corrected chi connectivity index (χ2v) is 4.43. The highest BCUT2D eigenvalue weighted by Crippen LogP contribution is 2.28. The van der Waals surface area contributed by atoms with Crippen LogP contribution in [-0.4, -0.2) is 20.4 Å². The monoisotopic (exact) mass is 287 g/mol. The number of nitrogens with one attached hydrogen (secondary N) is 1. The molecule has 0 bridgehead atoms. The maximum absolute atomic E-state index is 5.54. The third-order valence-electron chi connectivity index (χ3n) is 2.28. The van der Waals surface area contributed by atoms with Gasteiger partial charge < -0.3 is 14.8 Å². The largest absolute Gasteiger partial charge is 0.467 e. The molecule has 1 atom stereocenters. The molecule has 16 heavy (non-hydrogen) atoms. The third-order valence-corrected chi connectivity index (χ3v) is 2.78.